The molecule has 2 aliphatic heterocycles. The van der Waals surface area contributed by atoms with E-state index in [1.807, 2.05) is 36.1 Å². The summed E-state index contributed by atoms with van der Waals surface area (Å²) in [6.45, 7) is 5.05. The van der Waals surface area contributed by atoms with Crippen molar-refractivity contribution in [2.45, 2.75) is 51.9 Å². The van der Waals surface area contributed by atoms with Crippen LogP contribution < -0.4 is 0 Å². The zero-order valence-electron chi connectivity index (χ0n) is 18.2. The summed E-state index contributed by atoms with van der Waals surface area (Å²) in [5.74, 6) is 0.338. The lowest BCUT2D eigenvalue weighted by molar-refractivity contribution is -0.136. The van der Waals surface area contributed by atoms with Gasteiger partial charge in [0.1, 0.15) is 0 Å². The highest BCUT2D eigenvalue weighted by atomic mass is 35.5. The number of hydrogen-bond donors (Lipinski definition) is 0. The maximum atomic E-state index is 13.3. The minimum Gasteiger partial charge on any atom is -0.342 e. The van der Waals surface area contributed by atoms with E-state index in [9.17, 15) is 9.59 Å². The van der Waals surface area contributed by atoms with Gasteiger partial charge >= 0.3 is 0 Å². The number of carbonyl (C=O) groups excluding carboxylic acids is 2. The van der Waals surface area contributed by atoms with Gasteiger partial charge in [-0.2, -0.15) is 5.10 Å². The fourth-order valence-corrected chi connectivity index (χ4v) is 4.96. The lowest BCUT2D eigenvalue weighted by atomic mass is 9.94. The number of halogens is 1. The first kappa shape index (κ1) is 21.9. The Hall–Kier alpha value is -2.34. The van der Waals surface area contributed by atoms with Crippen LogP contribution in [0.25, 0.3) is 5.69 Å². The summed E-state index contributed by atoms with van der Waals surface area (Å²) in [6.07, 6.45) is 8.50. The Labute approximate surface area is 189 Å². The lowest BCUT2D eigenvalue weighted by Gasteiger charge is -2.34. The SMILES string of the molecule is CCc1c(C(=O)N2CCC(C(=O)N3CCCCCC3)CC2)cnn1-c1cccc(Cl)c1. The molecule has 31 heavy (non-hydrogen) atoms. The maximum Gasteiger partial charge on any atom is 0.257 e. The molecule has 0 aliphatic carbocycles. The molecular weight excluding hydrogens is 412 g/mol. The molecule has 6 nitrogen and oxygen atoms in total. The number of likely N-dealkylation sites (tertiary alicyclic amines) is 2. The molecule has 1 aromatic heterocycles. The van der Waals surface area contributed by atoms with E-state index in [0.717, 1.165) is 50.2 Å². The largest absolute Gasteiger partial charge is 0.342 e. The summed E-state index contributed by atoms with van der Waals surface area (Å²) in [6, 6.07) is 7.49. The van der Waals surface area contributed by atoms with E-state index in [-0.39, 0.29) is 17.7 Å². The highest BCUT2D eigenvalue weighted by Crippen LogP contribution is 2.25. The first-order valence-corrected chi connectivity index (χ1v) is 11.9. The first-order chi connectivity index (χ1) is 15.1. The molecule has 1 aromatic carbocycles. The van der Waals surface area contributed by atoms with Gasteiger partial charge in [0.05, 0.1) is 23.1 Å². The second kappa shape index (κ2) is 9.86. The van der Waals surface area contributed by atoms with Gasteiger partial charge in [-0.1, -0.05) is 37.4 Å². The van der Waals surface area contributed by atoms with Gasteiger partial charge in [-0.25, -0.2) is 4.68 Å². The molecule has 0 unspecified atom stereocenters. The summed E-state index contributed by atoms with van der Waals surface area (Å²) in [4.78, 5) is 30.1. The van der Waals surface area contributed by atoms with Crippen LogP contribution in [-0.2, 0) is 11.2 Å². The number of nitrogens with zero attached hydrogens (tertiary/aromatic N) is 4. The van der Waals surface area contributed by atoms with Crippen molar-refractivity contribution in [3.63, 3.8) is 0 Å². The Bertz CT molecular complexity index is 925. The highest BCUT2D eigenvalue weighted by Gasteiger charge is 2.32. The van der Waals surface area contributed by atoms with Crippen LogP contribution >= 0.6 is 11.6 Å². The predicted molar refractivity (Wildman–Crippen MR) is 122 cm³/mol. The fraction of sp³-hybridized carbons (Fsp3) is 0.542. The molecule has 0 N–H and O–H groups in total. The van der Waals surface area contributed by atoms with Crippen molar-refractivity contribution in [1.82, 2.24) is 19.6 Å². The molecular formula is C24H31ClN4O2. The Morgan fingerprint density at radius 3 is 2.39 bits per heavy atom. The Kier molecular flexibility index (Phi) is 6.96. The van der Waals surface area contributed by atoms with Crippen LogP contribution in [0, 0.1) is 5.92 Å². The van der Waals surface area contributed by atoms with Gasteiger partial charge in [0.15, 0.2) is 0 Å². The van der Waals surface area contributed by atoms with Gasteiger partial charge in [-0.3, -0.25) is 9.59 Å². The van der Waals surface area contributed by atoms with E-state index >= 15 is 0 Å². The minimum atomic E-state index is 0.00537. The molecule has 2 amide bonds. The molecule has 0 bridgehead atoms. The van der Waals surface area contributed by atoms with Crippen LogP contribution in [0.1, 0.15) is 61.5 Å². The maximum absolute atomic E-state index is 13.3. The normalized spacial score (nSPS) is 18.1. The zero-order valence-corrected chi connectivity index (χ0v) is 19.0. The fourth-order valence-electron chi connectivity index (χ4n) is 4.77. The molecule has 0 spiro atoms. The zero-order chi connectivity index (χ0) is 21.8. The van der Waals surface area contributed by atoms with Crippen LogP contribution in [0.4, 0.5) is 0 Å². The van der Waals surface area contributed by atoms with Gasteiger partial charge in [0.2, 0.25) is 5.91 Å². The number of hydrogen-bond acceptors (Lipinski definition) is 3. The third-order valence-corrected chi connectivity index (χ3v) is 6.77. The van der Waals surface area contributed by atoms with E-state index in [4.69, 9.17) is 11.6 Å². The number of benzene rings is 1. The number of rotatable bonds is 4. The molecule has 3 heterocycles. The smallest absolute Gasteiger partial charge is 0.257 e. The monoisotopic (exact) mass is 442 g/mol. The number of amides is 2. The molecule has 0 radical (unpaired) electrons. The lowest BCUT2D eigenvalue weighted by Crippen LogP contribution is -2.44. The number of aromatic nitrogens is 2. The van der Waals surface area contributed by atoms with Crippen molar-refractivity contribution in [1.29, 1.82) is 0 Å². The van der Waals surface area contributed by atoms with E-state index in [2.05, 4.69) is 10.00 Å². The number of carbonyl (C=O) groups is 2. The van der Waals surface area contributed by atoms with Crippen molar-refractivity contribution in [2.24, 2.45) is 5.92 Å². The highest BCUT2D eigenvalue weighted by molar-refractivity contribution is 6.30. The second-order valence-electron chi connectivity index (χ2n) is 8.56. The van der Waals surface area contributed by atoms with Gasteiger partial charge < -0.3 is 9.80 Å². The summed E-state index contributed by atoms with van der Waals surface area (Å²) in [7, 11) is 0. The molecule has 7 heteroatoms. The van der Waals surface area contributed by atoms with Crippen molar-refractivity contribution in [3.05, 3.63) is 46.7 Å². The molecule has 0 saturated carbocycles. The number of piperidine rings is 1. The quantitative estimate of drug-likeness (QED) is 0.707. The molecule has 2 fully saturated rings. The average molecular weight is 443 g/mol. The van der Waals surface area contributed by atoms with E-state index < -0.39 is 0 Å². The van der Waals surface area contributed by atoms with Gasteiger partial charge in [-0.05, 0) is 50.3 Å². The van der Waals surface area contributed by atoms with Gasteiger partial charge in [0.25, 0.3) is 5.91 Å². The predicted octanol–water partition coefficient (Wildman–Crippen LogP) is 4.34. The van der Waals surface area contributed by atoms with E-state index in [1.54, 1.807) is 10.9 Å². The third kappa shape index (κ3) is 4.79. The van der Waals surface area contributed by atoms with Crippen LogP contribution in [0.3, 0.4) is 0 Å². The Balaban J connectivity index is 1.42. The van der Waals surface area contributed by atoms with Crippen molar-refractivity contribution < 1.29 is 9.59 Å². The average Bonchev–Trinajstić information content (AvgIpc) is 3.04. The van der Waals surface area contributed by atoms with E-state index in [0.29, 0.717) is 30.1 Å². The molecule has 0 atom stereocenters. The topological polar surface area (TPSA) is 58.4 Å². The third-order valence-electron chi connectivity index (χ3n) is 6.54. The minimum absolute atomic E-state index is 0.00537. The van der Waals surface area contributed by atoms with E-state index in [1.165, 1.54) is 12.8 Å². The van der Waals surface area contributed by atoms with Gasteiger partial charge in [0, 0.05) is 37.1 Å². The first-order valence-electron chi connectivity index (χ1n) is 11.5. The van der Waals surface area contributed by atoms with Crippen LogP contribution in [-0.4, -0.2) is 57.6 Å². The van der Waals surface area contributed by atoms with Crippen molar-refractivity contribution >= 4 is 23.4 Å². The summed E-state index contributed by atoms with van der Waals surface area (Å²) in [5.41, 5.74) is 2.37. The Morgan fingerprint density at radius 2 is 1.74 bits per heavy atom. The van der Waals surface area contributed by atoms with Crippen LogP contribution in [0.15, 0.2) is 30.5 Å². The Morgan fingerprint density at radius 1 is 1.03 bits per heavy atom. The molecule has 2 saturated heterocycles. The van der Waals surface area contributed by atoms with Crippen LogP contribution in [0.2, 0.25) is 5.02 Å². The molecule has 166 valence electrons. The molecule has 2 aliphatic rings. The van der Waals surface area contributed by atoms with Crippen molar-refractivity contribution in [3.8, 4) is 5.69 Å². The summed E-state index contributed by atoms with van der Waals surface area (Å²) < 4.78 is 1.80. The standard InChI is InChI=1S/C24H31ClN4O2/c1-2-22-21(17-26-29(22)20-9-7-8-19(25)16-20)24(31)28-14-10-18(11-15-28)23(30)27-12-5-3-4-6-13-27/h7-9,16-18H,2-6,10-15H2,1H3. The van der Waals surface area contributed by atoms with Crippen LogP contribution in [0.5, 0.6) is 0 Å². The summed E-state index contributed by atoms with van der Waals surface area (Å²) in [5, 5.41) is 5.12. The molecule has 4 rings (SSSR count). The summed E-state index contributed by atoms with van der Waals surface area (Å²) >= 11 is 6.14. The van der Waals surface area contributed by atoms with Crippen molar-refractivity contribution in [2.75, 3.05) is 26.2 Å². The van der Waals surface area contributed by atoms with Gasteiger partial charge in [-0.15, -0.1) is 0 Å². The molecule has 2 aromatic rings. The second-order valence-corrected chi connectivity index (χ2v) is 8.99.